The third kappa shape index (κ3) is 4.70. The Bertz CT molecular complexity index is 410. The predicted octanol–water partition coefficient (Wildman–Crippen LogP) is 3.28. The molecule has 0 spiro atoms. The van der Waals surface area contributed by atoms with Crippen LogP contribution >= 0.6 is 0 Å². The molecule has 0 fully saturated rings. The Kier molecular flexibility index (Phi) is 4.79. The summed E-state index contributed by atoms with van der Waals surface area (Å²) in [5.41, 5.74) is 4.53. The molecule has 0 bridgehead atoms. The van der Waals surface area contributed by atoms with E-state index in [0.717, 1.165) is 6.07 Å². The Morgan fingerprint density at radius 2 is 1.89 bits per heavy atom. The molecule has 0 aromatic carbocycles. The van der Waals surface area contributed by atoms with Crippen LogP contribution in [0.15, 0.2) is 18.2 Å². The Labute approximate surface area is 111 Å². The van der Waals surface area contributed by atoms with Crippen molar-refractivity contribution in [2.75, 3.05) is 11.9 Å². The van der Waals surface area contributed by atoms with Gasteiger partial charge in [-0.15, -0.1) is 0 Å². The molecular weight excluding hydrogens is 255 g/mol. The molecule has 3 N–H and O–H groups in total. The normalized spacial score (nSPS) is 14.3. The first-order valence-corrected chi connectivity index (χ1v) is 6.15. The minimum Gasteiger partial charge on any atom is -0.367 e. The number of nitrogens with two attached hydrogens (primary N) is 1. The zero-order chi connectivity index (χ0) is 14.7. The predicted molar refractivity (Wildman–Crippen MR) is 69.8 cm³/mol. The summed E-state index contributed by atoms with van der Waals surface area (Å²) in [6, 6.07) is 3.80. The third-order valence-electron chi connectivity index (χ3n) is 2.86. The SMILES string of the molecule is CC(C)(C)C(CCN)Nc1cccc(C(F)(F)F)n1. The van der Waals surface area contributed by atoms with E-state index in [0.29, 0.717) is 13.0 Å². The van der Waals surface area contributed by atoms with Gasteiger partial charge in [0.05, 0.1) is 0 Å². The fraction of sp³-hybridized carbons (Fsp3) is 0.615. The van der Waals surface area contributed by atoms with Gasteiger partial charge in [0, 0.05) is 6.04 Å². The van der Waals surface area contributed by atoms with Gasteiger partial charge in [-0.2, -0.15) is 13.2 Å². The van der Waals surface area contributed by atoms with Crippen molar-refractivity contribution >= 4 is 5.82 Å². The second kappa shape index (κ2) is 5.77. The Morgan fingerprint density at radius 1 is 1.26 bits per heavy atom. The van der Waals surface area contributed by atoms with Crippen molar-refractivity contribution in [1.29, 1.82) is 0 Å². The monoisotopic (exact) mass is 275 g/mol. The van der Waals surface area contributed by atoms with Crippen molar-refractivity contribution in [3.8, 4) is 0 Å². The summed E-state index contributed by atoms with van der Waals surface area (Å²) in [6.45, 7) is 6.49. The highest BCUT2D eigenvalue weighted by molar-refractivity contribution is 5.37. The summed E-state index contributed by atoms with van der Waals surface area (Å²) in [5, 5.41) is 3.04. The lowest BCUT2D eigenvalue weighted by Crippen LogP contribution is -2.36. The fourth-order valence-corrected chi connectivity index (χ4v) is 1.74. The molecule has 0 aliphatic carbocycles. The quantitative estimate of drug-likeness (QED) is 0.886. The van der Waals surface area contributed by atoms with Crippen LogP contribution in [0.1, 0.15) is 32.9 Å². The molecule has 0 saturated carbocycles. The zero-order valence-corrected chi connectivity index (χ0v) is 11.4. The van der Waals surface area contributed by atoms with Crippen LogP contribution in [-0.2, 0) is 6.18 Å². The number of aromatic nitrogens is 1. The lowest BCUT2D eigenvalue weighted by atomic mass is 9.85. The van der Waals surface area contributed by atoms with Gasteiger partial charge in [0.15, 0.2) is 0 Å². The van der Waals surface area contributed by atoms with Crippen LogP contribution in [0.2, 0.25) is 0 Å². The molecule has 1 aromatic rings. The zero-order valence-electron chi connectivity index (χ0n) is 11.4. The van der Waals surface area contributed by atoms with E-state index in [1.807, 2.05) is 20.8 Å². The van der Waals surface area contributed by atoms with Crippen LogP contribution in [0.3, 0.4) is 0 Å². The summed E-state index contributed by atoms with van der Waals surface area (Å²) in [4.78, 5) is 3.60. The number of halogens is 3. The van der Waals surface area contributed by atoms with Crippen LogP contribution in [0.25, 0.3) is 0 Å². The summed E-state index contributed by atoms with van der Waals surface area (Å²) < 4.78 is 37.7. The summed E-state index contributed by atoms with van der Waals surface area (Å²) in [5.74, 6) is 0.225. The van der Waals surface area contributed by atoms with Crippen molar-refractivity contribution < 1.29 is 13.2 Å². The van der Waals surface area contributed by atoms with Gasteiger partial charge in [-0.3, -0.25) is 0 Å². The molecule has 108 valence electrons. The topological polar surface area (TPSA) is 50.9 Å². The van der Waals surface area contributed by atoms with E-state index in [1.165, 1.54) is 12.1 Å². The van der Waals surface area contributed by atoms with Crippen molar-refractivity contribution in [2.24, 2.45) is 11.1 Å². The number of hydrogen-bond donors (Lipinski definition) is 2. The van der Waals surface area contributed by atoms with Gasteiger partial charge in [0.2, 0.25) is 0 Å². The average molecular weight is 275 g/mol. The summed E-state index contributed by atoms with van der Waals surface area (Å²) in [6.07, 6.45) is -3.76. The lowest BCUT2D eigenvalue weighted by Gasteiger charge is -2.31. The van der Waals surface area contributed by atoms with E-state index in [4.69, 9.17) is 5.73 Å². The van der Waals surface area contributed by atoms with Crippen molar-refractivity contribution in [3.05, 3.63) is 23.9 Å². The summed E-state index contributed by atoms with van der Waals surface area (Å²) in [7, 11) is 0. The molecule has 0 saturated heterocycles. The first-order valence-electron chi connectivity index (χ1n) is 6.15. The maximum atomic E-state index is 12.6. The van der Waals surface area contributed by atoms with Gasteiger partial charge >= 0.3 is 6.18 Å². The van der Waals surface area contributed by atoms with Crippen molar-refractivity contribution in [3.63, 3.8) is 0 Å². The van der Waals surface area contributed by atoms with Crippen LogP contribution in [-0.4, -0.2) is 17.6 Å². The maximum Gasteiger partial charge on any atom is 0.433 e. The number of rotatable bonds is 4. The van der Waals surface area contributed by atoms with E-state index < -0.39 is 11.9 Å². The van der Waals surface area contributed by atoms with Crippen LogP contribution in [0.5, 0.6) is 0 Å². The molecule has 0 aliphatic rings. The average Bonchev–Trinajstić information content (AvgIpc) is 2.26. The summed E-state index contributed by atoms with van der Waals surface area (Å²) >= 11 is 0. The molecule has 1 atom stereocenters. The molecule has 1 aromatic heterocycles. The molecule has 6 heteroatoms. The van der Waals surface area contributed by atoms with Crippen molar-refractivity contribution in [2.45, 2.75) is 39.4 Å². The second-order valence-corrected chi connectivity index (χ2v) is 5.55. The second-order valence-electron chi connectivity index (χ2n) is 5.55. The van der Waals surface area contributed by atoms with E-state index in [-0.39, 0.29) is 17.3 Å². The van der Waals surface area contributed by atoms with E-state index in [1.54, 1.807) is 0 Å². The first kappa shape index (κ1) is 15.8. The van der Waals surface area contributed by atoms with Crippen LogP contribution in [0.4, 0.5) is 19.0 Å². The van der Waals surface area contributed by atoms with E-state index in [2.05, 4.69) is 10.3 Å². The number of anilines is 1. The highest BCUT2D eigenvalue weighted by Gasteiger charge is 2.33. The number of hydrogen-bond acceptors (Lipinski definition) is 3. The minimum atomic E-state index is -4.43. The Balaban J connectivity index is 2.91. The molecule has 3 nitrogen and oxygen atoms in total. The van der Waals surface area contributed by atoms with Crippen LogP contribution in [0, 0.1) is 5.41 Å². The van der Waals surface area contributed by atoms with Crippen molar-refractivity contribution in [1.82, 2.24) is 4.98 Å². The van der Waals surface area contributed by atoms with Gasteiger partial charge in [-0.1, -0.05) is 26.8 Å². The van der Waals surface area contributed by atoms with Gasteiger partial charge in [-0.25, -0.2) is 4.98 Å². The minimum absolute atomic E-state index is 0.0338. The van der Waals surface area contributed by atoms with E-state index in [9.17, 15) is 13.2 Å². The number of pyridine rings is 1. The smallest absolute Gasteiger partial charge is 0.367 e. The fourth-order valence-electron chi connectivity index (χ4n) is 1.74. The molecule has 0 radical (unpaired) electrons. The first-order chi connectivity index (χ1) is 8.64. The van der Waals surface area contributed by atoms with Gasteiger partial charge in [-0.05, 0) is 30.5 Å². The Hall–Kier alpha value is -1.30. The van der Waals surface area contributed by atoms with Gasteiger partial charge in [0.1, 0.15) is 11.5 Å². The van der Waals surface area contributed by atoms with E-state index >= 15 is 0 Å². The molecule has 0 aliphatic heterocycles. The standard InChI is InChI=1S/C13H20F3N3/c1-12(2,3)9(7-8-17)18-11-6-4-5-10(19-11)13(14,15)16/h4-6,9H,7-8,17H2,1-3H3,(H,18,19). The number of alkyl halides is 3. The maximum absolute atomic E-state index is 12.6. The number of nitrogens with zero attached hydrogens (tertiary/aromatic N) is 1. The molecule has 1 unspecified atom stereocenters. The highest BCUT2D eigenvalue weighted by Crippen LogP contribution is 2.29. The molecule has 1 heterocycles. The largest absolute Gasteiger partial charge is 0.433 e. The Morgan fingerprint density at radius 3 is 2.37 bits per heavy atom. The molecule has 19 heavy (non-hydrogen) atoms. The molecule has 0 amide bonds. The van der Waals surface area contributed by atoms with Gasteiger partial charge in [0.25, 0.3) is 0 Å². The highest BCUT2D eigenvalue weighted by atomic mass is 19.4. The third-order valence-corrected chi connectivity index (χ3v) is 2.86. The lowest BCUT2D eigenvalue weighted by molar-refractivity contribution is -0.141. The molecular formula is C13H20F3N3. The van der Waals surface area contributed by atoms with Gasteiger partial charge < -0.3 is 11.1 Å². The molecule has 1 rings (SSSR count). The van der Waals surface area contributed by atoms with Crippen LogP contribution < -0.4 is 11.1 Å². The number of nitrogens with one attached hydrogen (secondary N) is 1.